The zero-order valence-corrected chi connectivity index (χ0v) is 10.2. The summed E-state index contributed by atoms with van der Waals surface area (Å²) in [6.45, 7) is 2.00. The predicted octanol–water partition coefficient (Wildman–Crippen LogP) is 2.56. The van der Waals surface area contributed by atoms with Crippen molar-refractivity contribution in [3.63, 3.8) is 0 Å². The van der Waals surface area contributed by atoms with E-state index in [1.54, 1.807) is 6.20 Å². The minimum Gasteiger partial charge on any atom is -0.245 e. The van der Waals surface area contributed by atoms with E-state index in [9.17, 15) is 0 Å². The van der Waals surface area contributed by atoms with Crippen molar-refractivity contribution in [1.29, 1.82) is 0 Å². The Morgan fingerprint density at radius 2 is 2.18 bits per heavy atom. The third-order valence-corrected chi connectivity index (χ3v) is 3.28. The van der Waals surface area contributed by atoms with E-state index in [1.807, 2.05) is 25.4 Å². The molecule has 0 amide bonds. The highest BCUT2D eigenvalue weighted by Gasteiger charge is 2.07. The molecule has 0 aliphatic carbocycles. The summed E-state index contributed by atoms with van der Waals surface area (Å²) in [7, 11) is 0. The lowest BCUT2D eigenvalue weighted by Gasteiger charge is -2.02. The smallest absolute Gasteiger partial charge is 0.120 e. The van der Waals surface area contributed by atoms with Crippen LogP contribution < -0.4 is 0 Å². The molecule has 3 nitrogen and oxygen atoms in total. The van der Waals surface area contributed by atoms with E-state index in [0.717, 1.165) is 27.4 Å². The Bertz CT molecular complexity index is 564. The van der Waals surface area contributed by atoms with E-state index in [0.29, 0.717) is 0 Å². The quantitative estimate of drug-likeness (QED) is 0.775. The molecule has 0 N–H and O–H groups in total. The summed E-state index contributed by atoms with van der Waals surface area (Å²) in [5.74, 6) is 2.59. The fraction of sp³-hybridized carbons (Fsp3) is 0.154. The Kier molecular flexibility index (Phi) is 3.63. The maximum Gasteiger partial charge on any atom is 0.120 e. The first-order valence-corrected chi connectivity index (χ1v) is 5.97. The van der Waals surface area contributed by atoms with E-state index >= 15 is 0 Å². The number of nitrogens with zero attached hydrogens (tertiary/aromatic N) is 3. The number of terminal acetylenes is 1. The van der Waals surface area contributed by atoms with E-state index in [-0.39, 0.29) is 0 Å². The van der Waals surface area contributed by atoms with Gasteiger partial charge in [-0.25, -0.2) is 15.0 Å². The first-order valence-electron chi connectivity index (χ1n) is 5.15. The molecule has 0 aliphatic heterocycles. The maximum atomic E-state index is 5.34. The third kappa shape index (κ3) is 2.77. The standard InChI is InChI=1S/C13H11N3S/c1-3-11(5-10-6-14-9-15-7-10)13-16-8-12(4-2)17-13/h2-3,6-9H,5H2,1H3/b11-3-. The molecule has 4 heteroatoms. The summed E-state index contributed by atoms with van der Waals surface area (Å²) >= 11 is 1.53. The van der Waals surface area contributed by atoms with Crippen molar-refractivity contribution in [2.24, 2.45) is 0 Å². The van der Waals surface area contributed by atoms with Crippen molar-refractivity contribution < 1.29 is 0 Å². The molecule has 0 unspecified atom stereocenters. The van der Waals surface area contributed by atoms with Gasteiger partial charge in [0.25, 0.3) is 0 Å². The molecule has 2 aromatic rings. The highest BCUT2D eigenvalue weighted by Crippen LogP contribution is 2.23. The molecule has 0 radical (unpaired) electrons. The lowest BCUT2D eigenvalue weighted by atomic mass is 10.1. The monoisotopic (exact) mass is 241 g/mol. The van der Waals surface area contributed by atoms with E-state index in [1.165, 1.54) is 17.7 Å². The summed E-state index contributed by atoms with van der Waals surface area (Å²) in [4.78, 5) is 13.2. The van der Waals surface area contributed by atoms with Crippen molar-refractivity contribution >= 4 is 16.9 Å². The number of hydrogen-bond donors (Lipinski definition) is 0. The van der Waals surface area contributed by atoms with Crippen LogP contribution in [0.4, 0.5) is 0 Å². The van der Waals surface area contributed by atoms with Gasteiger partial charge in [0.2, 0.25) is 0 Å². The van der Waals surface area contributed by atoms with E-state index in [2.05, 4.69) is 20.9 Å². The molecule has 0 saturated heterocycles. The summed E-state index contributed by atoms with van der Waals surface area (Å²) < 4.78 is 0. The molecule has 17 heavy (non-hydrogen) atoms. The first-order chi connectivity index (χ1) is 8.33. The molecule has 0 saturated carbocycles. The Morgan fingerprint density at radius 1 is 1.41 bits per heavy atom. The minimum absolute atomic E-state index is 0.773. The molecule has 0 atom stereocenters. The fourth-order valence-corrected chi connectivity index (χ4v) is 2.23. The Labute approximate surface area is 104 Å². The van der Waals surface area contributed by atoms with E-state index in [4.69, 9.17) is 6.42 Å². The lowest BCUT2D eigenvalue weighted by Crippen LogP contribution is -1.91. The Hall–Kier alpha value is -1.99. The van der Waals surface area contributed by atoms with Gasteiger partial charge in [0.05, 0.1) is 11.1 Å². The average Bonchev–Trinajstić information content (AvgIpc) is 2.86. The highest BCUT2D eigenvalue weighted by molar-refractivity contribution is 7.13. The van der Waals surface area contributed by atoms with Gasteiger partial charge in [0, 0.05) is 18.8 Å². The molecule has 0 aromatic carbocycles. The molecule has 84 valence electrons. The van der Waals surface area contributed by atoms with Gasteiger partial charge < -0.3 is 0 Å². The second kappa shape index (κ2) is 5.37. The number of hydrogen-bond acceptors (Lipinski definition) is 4. The molecular weight excluding hydrogens is 230 g/mol. The van der Waals surface area contributed by atoms with Crippen LogP contribution in [0.3, 0.4) is 0 Å². The second-order valence-electron chi connectivity index (χ2n) is 3.41. The largest absolute Gasteiger partial charge is 0.245 e. The minimum atomic E-state index is 0.773. The van der Waals surface area contributed by atoms with Crippen LogP contribution in [0.2, 0.25) is 0 Å². The van der Waals surface area contributed by atoms with Crippen molar-refractivity contribution in [3.05, 3.63) is 46.4 Å². The molecule has 2 heterocycles. The van der Waals surface area contributed by atoms with Crippen molar-refractivity contribution in [2.45, 2.75) is 13.3 Å². The zero-order valence-electron chi connectivity index (χ0n) is 9.42. The van der Waals surface area contributed by atoms with Crippen LogP contribution >= 0.6 is 11.3 Å². The predicted molar refractivity (Wildman–Crippen MR) is 69.4 cm³/mol. The van der Waals surface area contributed by atoms with Gasteiger partial charge in [0.1, 0.15) is 11.3 Å². The molecule has 0 spiro atoms. The van der Waals surface area contributed by atoms with Gasteiger partial charge in [-0.1, -0.05) is 12.0 Å². The van der Waals surface area contributed by atoms with Crippen LogP contribution in [0, 0.1) is 12.3 Å². The summed E-state index contributed by atoms with van der Waals surface area (Å²) in [6.07, 6.45) is 15.0. The van der Waals surface area contributed by atoms with Crippen molar-refractivity contribution in [3.8, 4) is 12.3 Å². The molecular formula is C13H11N3S. The van der Waals surface area contributed by atoms with Crippen LogP contribution in [0.1, 0.15) is 22.4 Å². The Balaban J connectivity index is 2.21. The third-order valence-electron chi connectivity index (χ3n) is 2.28. The fourth-order valence-electron chi connectivity index (χ4n) is 1.43. The Morgan fingerprint density at radius 3 is 2.76 bits per heavy atom. The zero-order chi connectivity index (χ0) is 12.1. The normalized spacial score (nSPS) is 11.2. The summed E-state index contributed by atoms with van der Waals surface area (Å²) in [6, 6.07) is 0. The van der Waals surface area contributed by atoms with Crippen LogP contribution in [0.5, 0.6) is 0 Å². The van der Waals surface area contributed by atoms with Crippen molar-refractivity contribution in [2.75, 3.05) is 0 Å². The SMILES string of the molecule is C#Cc1cnc(/C(=C\C)Cc2cncnc2)s1. The van der Waals surface area contributed by atoms with Gasteiger partial charge in [-0.3, -0.25) is 0 Å². The molecule has 2 rings (SSSR count). The number of allylic oxidation sites excluding steroid dienone is 2. The number of aromatic nitrogens is 3. The van der Waals surface area contributed by atoms with Gasteiger partial charge in [-0.05, 0) is 18.1 Å². The highest BCUT2D eigenvalue weighted by atomic mass is 32.1. The molecule has 2 aromatic heterocycles. The molecule has 0 fully saturated rings. The average molecular weight is 241 g/mol. The number of rotatable bonds is 3. The van der Waals surface area contributed by atoms with Crippen LogP contribution in [-0.2, 0) is 6.42 Å². The van der Waals surface area contributed by atoms with Gasteiger partial charge in [-0.15, -0.1) is 17.8 Å². The molecule has 0 aliphatic rings. The van der Waals surface area contributed by atoms with Crippen LogP contribution in [0.25, 0.3) is 5.57 Å². The van der Waals surface area contributed by atoms with Gasteiger partial charge in [0.15, 0.2) is 0 Å². The number of thiazole rings is 1. The van der Waals surface area contributed by atoms with E-state index < -0.39 is 0 Å². The summed E-state index contributed by atoms with van der Waals surface area (Å²) in [5.41, 5.74) is 2.21. The topological polar surface area (TPSA) is 38.7 Å². The van der Waals surface area contributed by atoms with Crippen molar-refractivity contribution in [1.82, 2.24) is 15.0 Å². The lowest BCUT2D eigenvalue weighted by molar-refractivity contribution is 1.09. The summed E-state index contributed by atoms with van der Waals surface area (Å²) in [5, 5.41) is 0.962. The van der Waals surface area contributed by atoms with Crippen LogP contribution in [-0.4, -0.2) is 15.0 Å². The molecule has 0 bridgehead atoms. The van der Waals surface area contributed by atoms with Crippen LogP contribution in [0.15, 0.2) is 31.0 Å². The van der Waals surface area contributed by atoms with Gasteiger partial charge >= 0.3 is 0 Å². The van der Waals surface area contributed by atoms with Gasteiger partial charge in [-0.2, -0.15) is 0 Å². The maximum absolute atomic E-state index is 5.34. The first kappa shape index (κ1) is 11.5. The second-order valence-corrected chi connectivity index (χ2v) is 4.44.